The first-order valence-electron chi connectivity index (χ1n) is 4.60. The van der Waals surface area contributed by atoms with E-state index in [2.05, 4.69) is 23.0 Å². The lowest BCUT2D eigenvalue weighted by Crippen LogP contribution is -2.21. The molecular formula is C10H17N3. The number of nitrogens with zero attached hydrogens (tertiary/aromatic N) is 2. The lowest BCUT2D eigenvalue weighted by atomic mass is 10.2. The van der Waals surface area contributed by atoms with E-state index < -0.39 is 0 Å². The van der Waals surface area contributed by atoms with Crippen molar-refractivity contribution >= 4 is 0 Å². The second-order valence-corrected chi connectivity index (χ2v) is 3.24. The van der Waals surface area contributed by atoms with Gasteiger partial charge in [-0.05, 0) is 38.2 Å². The number of hydrogen-bond donors (Lipinski definition) is 1. The van der Waals surface area contributed by atoms with Crippen LogP contribution in [0.1, 0.15) is 12.0 Å². The van der Waals surface area contributed by atoms with Crippen LogP contribution in [0, 0.1) is 0 Å². The lowest BCUT2D eigenvalue weighted by Gasteiger charge is -2.15. The fourth-order valence-electron chi connectivity index (χ4n) is 1.24. The van der Waals surface area contributed by atoms with Crippen molar-refractivity contribution < 1.29 is 0 Å². The molecule has 0 atom stereocenters. The topological polar surface area (TPSA) is 42.1 Å². The smallest absolute Gasteiger partial charge is 0.0312 e. The van der Waals surface area contributed by atoms with Gasteiger partial charge in [-0.3, -0.25) is 4.98 Å². The molecule has 1 rings (SSSR count). The van der Waals surface area contributed by atoms with Gasteiger partial charge in [0.05, 0.1) is 0 Å². The minimum atomic E-state index is 0.761. The van der Waals surface area contributed by atoms with Gasteiger partial charge in [-0.25, -0.2) is 0 Å². The Morgan fingerprint density at radius 2 is 2.38 bits per heavy atom. The van der Waals surface area contributed by atoms with Gasteiger partial charge in [0, 0.05) is 18.9 Å². The summed E-state index contributed by atoms with van der Waals surface area (Å²) in [6, 6.07) is 4.05. The monoisotopic (exact) mass is 179 g/mol. The van der Waals surface area contributed by atoms with Crippen molar-refractivity contribution in [2.24, 2.45) is 5.73 Å². The maximum absolute atomic E-state index is 5.43. The molecular weight excluding hydrogens is 162 g/mol. The summed E-state index contributed by atoms with van der Waals surface area (Å²) in [5.41, 5.74) is 6.68. The Kier molecular flexibility index (Phi) is 4.43. The maximum atomic E-state index is 5.43. The number of pyridine rings is 1. The molecule has 0 amide bonds. The molecule has 3 heteroatoms. The molecule has 72 valence electrons. The molecule has 1 aromatic heterocycles. The molecule has 2 N–H and O–H groups in total. The molecule has 0 bridgehead atoms. The molecule has 0 radical (unpaired) electrons. The zero-order chi connectivity index (χ0) is 9.52. The van der Waals surface area contributed by atoms with Crippen LogP contribution in [-0.4, -0.2) is 30.0 Å². The molecule has 0 saturated carbocycles. The first-order valence-corrected chi connectivity index (χ1v) is 4.60. The minimum Gasteiger partial charge on any atom is -0.330 e. The van der Waals surface area contributed by atoms with Crippen LogP contribution < -0.4 is 5.73 Å². The number of rotatable bonds is 5. The number of nitrogens with two attached hydrogens (primary N) is 1. The second kappa shape index (κ2) is 5.67. The van der Waals surface area contributed by atoms with Crippen LogP contribution in [0.2, 0.25) is 0 Å². The Morgan fingerprint density at radius 1 is 1.54 bits per heavy atom. The molecule has 0 spiro atoms. The van der Waals surface area contributed by atoms with E-state index in [1.807, 2.05) is 12.3 Å². The molecule has 0 aromatic carbocycles. The van der Waals surface area contributed by atoms with Crippen LogP contribution in [0.3, 0.4) is 0 Å². The van der Waals surface area contributed by atoms with E-state index in [1.165, 1.54) is 5.56 Å². The van der Waals surface area contributed by atoms with Gasteiger partial charge >= 0.3 is 0 Å². The molecule has 0 fully saturated rings. The van der Waals surface area contributed by atoms with Crippen molar-refractivity contribution in [3.05, 3.63) is 30.1 Å². The molecule has 13 heavy (non-hydrogen) atoms. The first-order chi connectivity index (χ1) is 6.33. The summed E-state index contributed by atoms with van der Waals surface area (Å²) in [6.07, 6.45) is 4.75. The van der Waals surface area contributed by atoms with E-state index >= 15 is 0 Å². The van der Waals surface area contributed by atoms with Crippen LogP contribution in [0.15, 0.2) is 24.5 Å². The summed E-state index contributed by atoms with van der Waals surface area (Å²) in [4.78, 5) is 6.32. The molecule has 0 aliphatic rings. The molecule has 0 saturated heterocycles. The molecule has 3 nitrogen and oxygen atoms in total. The Labute approximate surface area is 79.6 Å². The normalized spacial score (nSPS) is 10.7. The van der Waals surface area contributed by atoms with Gasteiger partial charge in [0.15, 0.2) is 0 Å². The Morgan fingerprint density at radius 3 is 3.00 bits per heavy atom. The van der Waals surface area contributed by atoms with Crippen molar-refractivity contribution in [1.29, 1.82) is 0 Å². The van der Waals surface area contributed by atoms with E-state index in [1.54, 1.807) is 6.20 Å². The van der Waals surface area contributed by atoms with Gasteiger partial charge in [0.2, 0.25) is 0 Å². The fraction of sp³-hybridized carbons (Fsp3) is 0.500. The quantitative estimate of drug-likeness (QED) is 0.729. The highest BCUT2D eigenvalue weighted by atomic mass is 15.1. The Hall–Kier alpha value is -0.930. The van der Waals surface area contributed by atoms with Crippen LogP contribution in [-0.2, 0) is 6.54 Å². The molecule has 1 heterocycles. The van der Waals surface area contributed by atoms with E-state index in [0.717, 1.165) is 26.1 Å². The lowest BCUT2D eigenvalue weighted by molar-refractivity contribution is 0.324. The van der Waals surface area contributed by atoms with Gasteiger partial charge in [0.1, 0.15) is 0 Å². The van der Waals surface area contributed by atoms with Crippen molar-refractivity contribution in [2.75, 3.05) is 20.1 Å². The van der Waals surface area contributed by atoms with E-state index in [0.29, 0.717) is 0 Å². The van der Waals surface area contributed by atoms with Crippen molar-refractivity contribution in [3.63, 3.8) is 0 Å². The van der Waals surface area contributed by atoms with Gasteiger partial charge in [0.25, 0.3) is 0 Å². The minimum absolute atomic E-state index is 0.761. The second-order valence-electron chi connectivity index (χ2n) is 3.24. The summed E-state index contributed by atoms with van der Waals surface area (Å²) < 4.78 is 0. The SMILES string of the molecule is CN(CCCN)Cc1cccnc1. The molecule has 0 unspecified atom stereocenters. The van der Waals surface area contributed by atoms with Crippen molar-refractivity contribution in [3.8, 4) is 0 Å². The average molecular weight is 179 g/mol. The highest BCUT2D eigenvalue weighted by Crippen LogP contribution is 2.00. The number of aromatic nitrogens is 1. The Balaban J connectivity index is 2.32. The number of hydrogen-bond acceptors (Lipinski definition) is 3. The third-order valence-electron chi connectivity index (χ3n) is 1.92. The van der Waals surface area contributed by atoms with Gasteiger partial charge in [-0.15, -0.1) is 0 Å². The molecule has 1 aromatic rings. The fourth-order valence-corrected chi connectivity index (χ4v) is 1.24. The van der Waals surface area contributed by atoms with Gasteiger partial charge in [-0.1, -0.05) is 6.07 Å². The third kappa shape index (κ3) is 4.01. The zero-order valence-electron chi connectivity index (χ0n) is 8.11. The average Bonchev–Trinajstić information content (AvgIpc) is 2.16. The largest absolute Gasteiger partial charge is 0.330 e. The standard InChI is InChI=1S/C10H17N3/c1-13(7-3-5-11)9-10-4-2-6-12-8-10/h2,4,6,8H,3,5,7,9,11H2,1H3. The molecule has 0 aliphatic carbocycles. The summed E-state index contributed by atoms with van der Waals surface area (Å²) in [7, 11) is 2.10. The summed E-state index contributed by atoms with van der Waals surface area (Å²) in [5.74, 6) is 0. The summed E-state index contributed by atoms with van der Waals surface area (Å²) in [6.45, 7) is 2.76. The first kappa shape index (κ1) is 10.2. The van der Waals surface area contributed by atoms with Crippen LogP contribution in [0.25, 0.3) is 0 Å². The highest BCUT2D eigenvalue weighted by molar-refractivity contribution is 5.07. The third-order valence-corrected chi connectivity index (χ3v) is 1.92. The maximum Gasteiger partial charge on any atom is 0.0312 e. The van der Waals surface area contributed by atoms with Crippen LogP contribution >= 0.6 is 0 Å². The van der Waals surface area contributed by atoms with Crippen LogP contribution in [0.4, 0.5) is 0 Å². The van der Waals surface area contributed by atoms with Gasteiger partial charge < -0.3 is 10.6 Å². The predicted octanol–water partition coefficient (Wildman–Crippen LogP) is 0.862. The van der Waals surface area contributed by atoms with E-state index in [-0.39, 0.29) is 0 Å². The van der Waals surface area contributed by atoms with Crippen molar-refractivity contribution in [2.45, 2.75) is 13.0 Å². The van der Waals surface area contributed by atoms with Gasteiger partial charge in [-0.2, -0.15) is 0 Å². The van der Waals surface area contributed by atoms with E-state index in [4.69, 9.17) is 5.73 Å². The molecule has 0 aliphatic heterocycles. The van der Waals surface area contributed by atoms with Crippen LogP contribution in [0.5, 0.6) is 0 Å². The van der Waals surface area contributed by atoms with E-state index in [9.17, 15) is 0 Å². The zero-order valence-corrected chi connectivity index (χ0v) is 8.11. The highest BCUT2D eigenvalue weighted by Gasteiger charge is 1.98. The summed E-state index contributed by atoms with van der Waals surface area (Å²) >= 11 is 0. The Bertz CT molecular complexity index is 223. The predicted molar refractivity (Wildman–Crippen MR) is 54.2 cm³/mol. The van der Waals surface area contributed by atoms with Crippen molar-refractivity contribution in [1.82, 2.24) is 9.88 Å². The summed E-state index contributed by atoms with van der Waals surface area (Å²) in [5, 5.41) is 0.